The van der Waals surface area contributed by atoms with Gasteiger partial charge in [-0.3, -0.25) is 14.3 Å². The van der Waals surface area contributed by atoms with Gasteiger partial charge in [0.15, 0.2) is 5.78 Å². The topological polar surface area (TPSA) is 58.4 Å². The van der Waals surface area contributed by atoms with Gasteiger partial charge in [0.25, 0.3) is 0 Å². The lowest BCUT2D eigenvalue weighted by atomic mass is 10.1. The number of aromatic nitrogens is 2. The number of Topliss-reactive ketones (excluding diaryl/α,β-unsaturated/α-hetero) is 1. The van der Waals surface area contributed by atoms with Gasteiger partial charge in [0, 0.05) is 55.6 Å². The number of nitrogens with zero attached hydrogens (tertiary/aromatic N) is 4. The molecule has 0 N–H and O–H groups in total. The Morgan fingerprint density at radius 2 is 1.80 bits per heavy atom. The van der Waals surface area contributed by atoms with Crippen molar-refractivity contribution in [1.29, 1.82) is 0 Å². The minimum atomic E-state index is -0.0154. The lowest BCUT2D eigenvalue weighted by molar-refractivity contribution is -0.126. The number of piperazine rings is 1. The highest BCUT2D eigenvalue weighted by Gasteiger charge is 2.20. The number of unbranched alkanes of at least 4 members (excludes halogenated alkanes) is 1. The van der Waals surface area contributed by atoms with Crippen LogP contribution in [-0.2, 0) is 11.3 Å². The smallest absolute Gasteiger partial charge is 0.246 e. The fourth-order valence-corrected chi connectivity index (χ4v) is 3.89. The zero-order valence-corrected chi connectivity index (χ0v) is 18.7. The van der Waals surface area contributed by atoms with Crippen molar-refractivity contribution in [2.75, 3.05) is 31.1 Å². The minimum Gasteiger partial charge on any atom is -0.368 e. The van der Waals surface area contributed by atoms with Gasteiger partial charge >= 0.3 is 0 Å². The van der Waals surface area contributed by atoms with Gasteiger partial charge in [-0.1, -0.05) is 24.9 Å². The number of carbonyl (C=O) groups excluding carboxylic acids is 2. The molecular weight excluding hydrogens is 400 g/mol. The number of halogens is 1. The zero-order valence-electron chi connectivity index (χ0n) is 17.9. The summed E-state index contributed by atoms with van der Waals surface area (Å²) in [5.74, 6) is 0.0494. The Bertz CT molecular complexity index is 925. The summed E-state index contributed by atoms with van der Waals surface area (Å²) in [7, 11) is 0. The van der Waals surface area contributed by atoms with Crippen LogP contribution in [-0.4, -0.2) is 52.5 Å². The Morgan fingerprint density at radius 1 is 1.13 bits per heavy atom. The van der Waals surface area contributed by atoms with Crippen molar-refractivity contribution < 1.29 is 9.59 Å². The van der Waals surface area contributed by atoms with Gasteiger partial charge < -0.3 is 9.80 Å². The first-order valence-corrected chi connectivity index (χ1v) is 10.8. The monoisotopic (exact) mass is 428 g/mol. The molecule has 2 aromatic rings. The van der Waals surface area contributed by atoms with Crippen LogP contribution in [0, 0.1) is 6.92 Å². The summed E-state index contributed by atoms with van der Waals surface area (Å²) in [6, 6.07) is 7.64. The van der Waals surface area contributed by atoms with Crippen LogP contribution in [0.25, 0.3) is 6.08 Å². The predicted octanol–water partition coefficient (Wildman–Crippen LogP) is 4.21. The average molecular weight is 429 g/mol. The number of rotatable bonds is 7. The number of amides is 1. The van der Waals surface area contributed by atoms with Gasteiger partial charge in [0.1, 0.15) is 5.15 Å². The first-order chi connectivity index (χ1) is 14.4. The van der Waals surface area contributed by atoms with E-state index in [2.05, 4.69) is 16.9 Å². The molecule has 0 spiro atoms. The molecule has 2 heterocycles. The third-order valence-electron chi connectivity index (χ3n) is 5.46. The summed E-state index contributed by atoms with van der Waals surface area (Å²) in [5.41, 5.74) is 3.43. The third-order valence-corrected chi connectivity index (χ3v) is 5.85. The van der Waals surface area contributed by atoms with Gasteiger partial charge in [-0.05, 0) is 50.6 Å². The summed E-state index contributed by atoms with van der Waals surface area (Å²) in [4.78, 5) is 28.2. The molecule has 0 radical (unpaired) electrons. The molecule has 1 aromatic heterocycles. The van der Waals surface area contributed by atoms with E-state index >= 15 is 0 Å². The third kappa shape index (κ3) is 5.11. The van der Waals surface area contributed by atoms with E-state index in [1.807, 2.05) is 36.1 Å². The van der Waals surface area contributed by atoms with Crippen molar-refractivity contribution in [2.24, 2.45) is 0 Å². The highest BCUT2D eigenvalue weighted by Crippen LogP contribution is 2.22. The van der Waals surface area contributed by atoms with Crippen molar-refractivity contribution in [1.82, 2.24) is 14.7 Å². The Kier molecular flexibility index (Phi) is 7.32. The van der Waals surface area contributed by atoms with Crippen molar-refractivity contribution in [3.63, 3.8) is 0 Å². The van der Waals surface area contributed by atoms with Gasteiger partial charge in [-0.15, -0.1) is 0 Å². The van der Waals surface area contributed by atoms with Crippen LogP contribution >= 0.6 is 11.6 Å². The average Bonchev–Trinajstić information content (AvgIpc) is 3.03. The fraction of sp³-hybridized carbons (Fsp3) is 0.435. The second-order valence-electron chi connectivity index (χ2n) is 7.62. The van der Waals surface area contributed by atoms with Crippen LogP contribution in [0.3, 0.4) is 0 Å². The molecule has 30 heavy (non-hydrogen) atoms. The number of ketones is 1. The summed E-state index contributed by atoms with van der Waals surface area (Å²) in [6.45, 7) is 9.21. The summed E-state index contributed by atoms with van der Waals surface area (Å²) >= 11 is 6.45. The molecule has 7 heteroatoms. The van der Waals surface area contributed by atoms with Gasteiger partial charge in [-0.2, -0.15) is 5.10 Å². The summed E-state index contributed by atoms with van der Waals surface area (Å²) in [6.07, 6.45) is 5.47. The van der Waals surface area contributed by atoms with Crippen LogP contribution < -0.4 is 4.90 Å². The van der Waals surface area contributed by atoms with E-state index in [4.69, 9.17) is 11.6 Å². The van der Waals surface area contributed by atoms with E-state index in [0.717, 1.165) is 49.4 Å². The standard InChI is InChI=1S/C23H29ClN4O2/c1-4-5-12-28-23(24)21(17(2)25-28)10-11-22(30)27-15-13-26(14-16-27)20-8-6-19(7-9-20)18(3)29/h6-11H,4-5,12-16H2,1-3H3/b11-10+. The first kappa shape index (κ1) is 22.1. The SMILES string of the molecule is CCCCn1nc(C)c(/C=C/C(=O)N2CCN(c3ccc(C(C)=O)cc3)CC2)c1Cl. The summed E-state index contributed by atoms with van der Waals surface area (Å²) in [5, 5.41) is 5.07. The maximum atomic E-state index is 12.6. The summed E-state index contributed by atoms with van der Waals surface area (Å²) < 4.78 is 1.81. The molecule has 6 nitrogen and oxygen atoms in total. The number of carbonyl (C=O) groups is 2. The van der Waals surface area contributed by atoms with Crippen molar-refractivity contribution in [3.05, 3.63) is 52.3 Å². The number of hydrogen-bond acceptors (Lipinski definition) is 4. The van der Waals surface area contributed by atoms with Gasteiger partial charge in [0.2, 0.25) is 5.91 Å². The molecule has 1 amide bonds. The van der Waals surface area contributed by atoms with E-state index in [9.17, 15) is 9.59 Å². The quantitative estimate of drug-likeness (QED) is 0.489. The van der Waals surface area contributed by atoms with E-state index in [1.54, 1.807) is 23.8 Å². The maximum Gasteiger partial charge on any atom is 0.246 e. The molecule has 1 aromatic carbocycles. The molecule has 1 aliphatic rings. The Labute approximate surface area is 183 Å². The molecule has 0 atom stereocenters. The van der Waals surface area contributed by atoms with Gasteiger partial charge in [-0.25, -0.2) is 0 Å². The van der Waals surface area contributed by atoms with E-state index in [1.165, 1.54) is 0 Å². The van der Waals surface area contributed by atoms with Crippen LogP contribution in [0.4, 0.5) is 5.69 Å². The van der Waals surface area contributed by atoms with Crippen LogP contribution in [0.2, 0.25) is 5.15 Å². The fourth-order valence-electron chi connectivity index (χ4n) is 3.56. The highest BCUT2D eigenvalue weighted by molar-refractivity contribution is 6.31. The lowest BCUT2D eigenvalue weighted by Crippen LogP contribution is -2.48. The number of hydrogen-bond donors (Lipinski definition) is 0. The maximum absolute atomic E-state index is 12.6. The number of anilines is 1. The Hall–Kier alpha value is -2.60. The Morgan fingerprint density at radius 3 is 2.40 bits per heavy atom. The lowest BCUT2D eigenvalue weighted by Gasteiger charge is -2.35. The molecule has 1 aliphatic heterocycles. The van der Waals surface area contributed by atoms with Crippen LogP contribution in [0.15, 0.2) is 30.3 Å². The predicted molar refractivity (Wildman–Crippen MR) is 121 cm³/mol. The Balaban J connectivity index is 1.58. The van der Waals surface area contributed by atoms with Crippen LogP contribution in [0.5, 0.6) is 0 Å². The number of aryl methyl sites for hydroxylation is 2. The molecule has 1 saturated heterocycles. The molecule has 1 fully saturated rings. The molecule has 0 aliphatic carbocycles. The van der Waals surface area contributed by atoms with Crippen molar-refractivity contribution in [2.45, 2.75) is 40.2 Å². The molecule has 0 bridgehead atoms. The molecule has 0 saturated carbocycles. The second-order valence-corrected chi connectivity index (χ2v) is 7.97. The largest absolute Gasteiger partial charge is 0.368 e. The molecule has 0 unspecified atom stereocenters. The molecular formula is C23H29ClN4O2. The minimum absolute atomic E-state index is 0.0154. The van der Waals surface area contributed by atoms with E-state index < -0.39 is 0 Å². The van der Waals surface area contributed by atoms with Crippen LogP contribution in [0.1, 0.15) is 48.3 Å². The van der Waals surface area contributed by atoms with E-state index in [0.29, 0.717) is 23.8 Å². The highest BCUT2D eigenvalue weighted by atomic mass is 35.5. The normalized spacial score (nSPS) is 14.5. The van der Waals surface area contributed by atoms with Crippen molar-refractivity contribution in [3.8, 4) is 0 Å². The van der Waals surface area contributed by atoms with Gasteiger partial charge in [0.05, 0.1) is 5.69 Å². The van der Waals surface area contributed by atoms with E-state index in [-0.39, 0.29) is 11.7 Å². The molecule has 160 valence electrons. The van der Waals surface area contributed by atoms with Crippen molar-refractivity contribution >= 4 is 35.1 Å². The first-order valence-electron chi connectivity index (χ1n) is 10.5. The second kappa shape index (κ2) is 9.94. The number of benzene rings is 1. The molecule has 3 rings (SSSR count). The zero-order chi connectivity index (χ0) is 21.7.